The van der Waals surface area contributed by atoms with Gasteiger partial charge in [-0.25, -0.2) is 14.2 Å². The molecule has 0 radical (unpaired) electrons. The Hall–Kier alpha value is -3.29. The molecule has 0 N–H and O–H groups in total. The lowest BCUT2D eigenvalue weighted by molar-refractivity contribution is 0.116. The predicted molar refractivity (Wildman–Crippen MR) is 132 cm³/mol. The third kappa shape index (κ3) is 4.42. The van der Waals surface area contributed by atoms with Gasteiger partial charge in [0.05, 0.1) is 19.1 Å². The first-order valence-corrected chi connectivity index (χ1v) is 11.8. The van der Waals surface area contributed by atoms with Crippen LogP contribution in [0.3, 0.4) is 0 Å². The Labute approximate surface area is 204 Å². The number of rotatable bonds is 6. The first-order valence-electron chi connectivity index (χ1n) is 11.8. The molecule has 1 aliphatic heterocycles. The van der Waals surface area contributed by atoms with E-state index in [4.69, 9.17) is 9.72 Å². The highest BCUT2D eigenvalue weighted by Gasteiger charge is 2.35. The van der Waals surface area contributed by atoms with Crippen molar-refractivity contribution in [3.63, 3.8) is 0 Å². The van der Waals surface area contributed by atoms with Gasteiger partial charge >= 0.3 is 5.69 Å². The minimum Gasteiger partial charge on any atom is -0.380 e. The third-order valence-electron chi connectivity index (χ3n) is 7.07. The lowest BCUT2D eigenvalue weighted by Gasteiger charge is -2.47. The van der Waals surface area contributed by atoms with Gasteiger partial charge in [-0.2, -0.15) is 10.2 Å². The van der Waals surface area contributed by atoms with Crippen molar-refractivity contribution in [2.45, 2.75) is 51.9 Å². The summed E-state index contributed by atoms with van der Waals surface area (Å²) >= 11 is 0. The molecule has 1 aliphatic rings. The van der Waals surface area contributed by atoms with Gasteiger partial charge in [0.25, 0.3) is 0 Å². The van der Waals surface area contributed by atoms with Crippen LogP contribution in [-0.4, -0.2) is 56.3 Å². The van der Waals surface area contributed by atoms with Crippen molar-refractivity contribution in [1.82, 2.24) is 24.0 Å². The Morgan fingerprint density at radius 2 is 1.94 bits per heavy atom. The molecular weight excluding hydrogens is 449 g/mol. The predicted octanol–water partition coefficient (Wildman–Crippen LogP) is 2.68. The molecule has 3 heterocycles. The largest absolute Gasteiger partial charge is 0.380 e. The number of imidazole rings is 1. The van der Waals surface area contributed by atoms with E-state index in [0.29, 0.717) is 36.0 Å². The summed E-state index contributed by atoms with van der Waals surface area (Å²) < 4.78 is 22.5. The van der Waals surface area contributed by atoms with Crippen LogP contribution in [0.1, 0.15) is 43.8 Å². The van der Waals surface area contributed by atoms with Crippen molar-refractivity contribution in [2.24, 2.45) is 14.1 Å². The lowest BCUT2D eigenvalue weighted by atomic mass is 9.97. The van der Waals surface area contributed by atoms with Gasteiger partial charge in [0.1, 0.15) is 22.8 Å². The Kier molecular flexibility index (Phi) is 6.92. The second kappa shape index (κ2) is 9.76. The van der Waals surface area contributed by atoms with Crippen LogP contribution in [0, 0.1) is 17.1 Å². The summed E-state index contributed by atoms with van der Waals surface area (Å²) in [6.07, 6.45) is 0.150. The van der Waals surface area contributed by atoms with Crippen LogP contribution >= 0.6 is 0 Å². The SMILES string of the molecule is COCc1cc(F)ccc1C(C)N1C[C@H](C)N(c2nc(=O)n(C)c3c2nc(CC#N)n3C)C[C@H]1C. The summed E-state index contributed by atoms with van der Waals surface area (Å²) in [6.45, 7) is 8.10. The van der Waals surface area contributed by atoms with Crippen LogP contribution in [0.4, 0.5) is 10.2 Å². The summed E-state index contributed by atoms with van der Waals surface area (Å²) in [7, 11) is 5.10. The second-order valence-corrected chi connectivity index (χ2v) is 9.37. The number of methoxy groups -OCH3 is 1. The number of benzene rings is 1. The molecule has 186 valence electrons. The molecule has 3 aromatic rings. The van der Waals surface area contributed by atoms with Crippen molar-refractivity contribution in [3.8, 4) is 6.07 Å². The number of ether oxygens (including phenoxy) is 1. The second-order valence-electron chi connectivity index (χ2n) is 9.37. The van der Waals surface area contributed by atoms with Gasteiger partial charge in [0.15, 0.2) is 5.82 Å². The van der Waals surface area contributed by atoms with E-state index in [1.165, 1.54) is 10.6 Å². The van der Waals surface area contributed by atoms with E-state index in [-0.39, 0.29) is 36.1 Å². The minimum absolute atomic E-state index is 0.0456. The van der Waals surface area contributed by atoms with Crippen molar-refractivity contribution in [1.29, 1.82) is 5.26 Å². The molecular formula is C25H32FN7O2. The molecule has 1 saturated heterocycles. The first kappa shape index (κ1) is 24.8. The average molecular weight is 482 g/mol. The number of piperazine rings is 1. The molecule has 35 heavy (non-hydrogen) atoms. The number of hydrogen-bond donors (Lipinski definition) is 0. The van der Waals surface area contributed by atoms with Crippen LogP contribution in [0.5, 0.6) is 0 Å². The zero-order valence-electron chi connectivity index (χ0n) is 21.1. The summed E-state index contributed by atoms with van der Waals surface area (Å²) in [5.41, 5.74) is 2.80. The molecule has 0 aliphatic carbocycles. The highest BCUT2D eigenvalue weighted by atomic mass is 19.1. The van der Waals surface area contributed by atoms with Crippen molar-refractivity contribution < 1.29 is 9.13 Å². The molecule has 3 atom stereocenters. The number of nitriles is 1. The van der Waals surface area contributed by atoms with E-state index in [9.17, 15) is 14.4 Å². The maximum Gasteiger partial charge on any atom is 0.350 e. The standard InChI is InChI=1S/C25H32FN7O2/c1-15-13-33(23-22-24(31(5)25(34)29-23)30(4)21(28-22)9-10-27)16(2)12-32(15)17(3)20-8-7-19(26)11-18(20)14-35-6/h7-8,11,15-17H,9,12-14H2,1-6H3/t15-,16+,17?/m1/s1. The molecule has 2 aromatic heterocycles. The van der Waals surface area contributed by atoms with Crippen LogP contribution in [-0.2, 0) is 31.9 Å². The molecule has 1 fully saturated rings. The summed E-state index contributed by atoms with van der Waals surface area (Å²) in [4.78, 5) is 26.4. The number of aromatic nitrogens is 4. The number of nitrogens with zero attached hydrogens (tertiary/aromatic N) is 7. The number of fused-ring (bicyclic) bond motifs is 1. The molecule has 0 saturated carbocycles. The normalized spacial score (nSPS) is 19.8. The van der Waals surface area contributed by atoms with Crippen molar-refractivity contribution >= 4 is 17.0 Å². The first-order chi connectivity index (χ1) is 16.7. The van der Waals surface area contributed by atoms with Crippen LogP contribution in [0.15, 0.2) is 23.0 Å². The average Bonchev–Trinajstić information content (AvgIpc) is 3.14. The Morgan fingerprint density at radius 1 is 1.20 bits per heavy atom. The molecule has 4 rings (SSSR count). The number of aryl methyl sites for hydroxylation is 2. The summed E-state index contributed by atoms with van der Waals surface area (Å²) in [5.74, 6) is 0.879. The van der Waals surface area contributed by atoms with E-state index >= 15 is 0 Å². The molecule has 1 unspecified atom stereocenters. The van der Waals surface area contributed by atoms with Gasteiger partial charge in [-0.1, -0.05) is 6.07 Å². The van der Waals surface area contributed by atoms with E-state index in [0.717, 1.165) is 17.7 Å². The van der Waals surface area contributed by atoms with E-state index < -0.39 is 0 Å². The fourth-order valence-corrected chi connectivity index (χ4v) is 5.24. The summed E-state index contributed by atoms with van der Waals surface area (Å²) in [6, 6.07) is 7.25. The fraction of sp³-hybridized carbons (Fsp3) is 0.520. The van der Waals surface area contributed by atoms with Gasteiger partial charge in [0, 0.05) is 52.4 Å². The number of halogens is 1. The Balaban J connectivity index is 1.69. The quantitative estimate of drug-likeness (QED) is 0.534. The molecule has 0 bridgehead atoms. The molecule has 1 aromatic carbocycles. The maximum absolute atomic E-state index is 13.9. The zero-order chi connectivity index (χ0) is 25.4. The Morgan fingerprint density at radius 3 is 2.63 bits per heavy atom. The number of anilines is 1. The fourth-order valence-electron chi connectivity index (χ4n) is 5.24. The molecule has 0 amide bonds. The third-order valence-corrected chi connectivity index (χ3v) is 7.07. The zero-order valence-corrected chi connectivity index (χ0v) is 21.1. The van der Waals surface area contributed by atoms with Crippen LogP contribution in [0.2, 0.25) is 0 Å². The van der Waals surface area contributed by atoms with Crippen LogP contribution < -0.4 is 10.6 Å². The van der Waals surface area contributed by atoms with E-state index in [1.807, 2.05) is 13.1 Å². The summed E-state index contributed by atoms with van der Waals surface area (Å²) in [5, 5.41) is 9.20. The highest BCUT2D eigenvalue weighted by molar-refractivity contribution is 5.84. The molecule has 0 spiro atoms. The number of hydrogen-bond acceptors (Lipinski definition) is 7. The van der Waals surface area contributed by atoms with Gasteiger partial charge < -0.3 is 14.2 Å². The van der Waals surface area contributed by atoms with Gasteiger partial charge in [-0.3, -0.25) is 9.47 Å². The van der Waals surface area contributed by atoms with E-state index in [1.54, 1.807) is 24.8 Å². The Bertz CT molecular complexity index is 1340. The van der Waals surface area contributed by atoms with Crippen LogP contribution in [0.25, 0.3) is 11.2 Å². The van der Waals surface area contributed by atoms with Gasteiger partial charge in [-0.15, -0.1) is 0 Å². The smallest absolute Gasteiger partial charge is 0.350 e. The molecule has 10 heteroatoms. The van der Waals surface area contributed by atoms with Crippen molar-refractivity contribution in [3.05, 3.63) is 51.5 Å². The van der Waals surface area contributed by atoms with E-state index in [2.05, 4.69) is 41.6 Å². The maximum atomic E-state index is 13.9. The highest BCUT2D eigenvalue weighted by Crippen LogP contribution is 2.33. The lowest BCUT2D eigenvalue weighted by Crippen LogP contribution is -2.57. The van der Waals surface area contributed by atoms with Crippen molar-refractivity contribution in [2.75, 3.05) is 25.1 Å². The van der Waals surface area contributed by atoms with Gasteiger partial charge in [0.2, 0.25) is 0 Å². The minimum atomic E-state index is -0.356. The monoisotopic (exact) mass is 481 g/mol. The molecule has 9 nitrogen and oxygen atoms in total. The van der Waals surface area contributed by atoms with Gasteiger partial charge in [-0.05, 0) is 44.0 Å². The topological polar surface area (TPSA) is 92.2 Å².